The fourth-order valence-corrected chi connectivity index (χ4v) is 5.75. The number of thioether (sulfide) groups is 1. The van der Waals surface area contributed by atoms with Crippen LogP contribution >= 0.6 is 23.4 Å². The number of carbonyl (C=O) groups excluding carboxylic acids is 2. The summed E-state index contributed by atoms with van der Waals surface area (Å²) in [6.45, 7) is 3.62. The molecule has 0 saturated carbocycles. The van der Waals surface area contributed by atoms with Gasteiger partial charge in [0.2, 0.25) is 11.8 Å². The van der Waals surface area contributed by atoms with Gasteiger partial charge in [0.05, 0.1) is 18.2 Å². The van der Waals surface area contributed by atoms with Crippen molar-refractivity contribution in [1.82, 2.24) is 4.90 Å². The Balaban J connectivity index is 1.61. The lowest BCUT2D eigenvalue weighted by atomic mass is 10.0. The molecule has 2 aromatic rings. The van der Waals surface area contributed by atoms with Crippen molar-refractivity contribution < 1.29 is 14.0 Å². The van der Waals surface area contributed by atoms with Crippen molar-refractivity contribution >= 4 is 40.9 Å². The van der Waals surface area contributed by atoms with Crippen LogP contribution in [0.2, 0.25) is 5.02 Å². The number of para-hydroxylation sites is 1. The summed E-state index contributed by atoms with van der Waals surface area (Å²) in [4.78, 5) is 31.4. The summed E-state index contributed by atoms with van der Waals surface area (Å²) in [7, 11) is 0. The second kappa shape index (κ2) is 9.61. The zero-order chi connectivity index (χ0) is 22.0. The monoisotopic (exact) mass is 460 g/mol. The maximum absolute atomic E-state index is 13.6. The largest absolute Gasteiger partial charge is 0.342 e. The molecule has 2 aliphatic rings. The number of hydrogen-bond acceptors (Lipinski definition) is 3. The van der Waals surface area contributed by atoms with Gasteiger partial charge in [0.15, 0.2) is 0 Å². The van der Waals surface area contributed by atoms with Gasteiger partial charge in [-0.1, -0.05) is 49.6 Å². The normalized spacial score (nSPS) is 20.2. The fourth-order valence-electron chi connectivity index (χ4n) is 4.25. The minimum atomic E-state index is -0.509. The molecule has 1 fully saturated rings. The molecule has 0 N–H and O–H groups in total. The molecule has 164 valence electrons. The van der Waals surface area contributed by atoms with Crippen LogP contribution in [0.15, 0.2) is 47.4 Å². The Morgan fingerprint density at radius 3 is 2.58 bits per heavy atom. The number of carbonyl (C=O) groups is 2. The molecule has 2 heterocycles. The lowest BCUT2D eigenvalue weighted by molar-refractivity contribution is -0.137. The van der Waals surface area contributed by atoms with Crippen molar-refractivity contribution in [2.24, 2.45) is 5.92 Å². The Kier molecular flexibility index (Phi) is 6.87. The minimum Gasteiger partial charge on any atom is -0.342 e. The molecule has 0 aromatic heterocycles. The van der Waals surface area contributed by atoms with Crippen LogP contribution in [-0.2, 0) is 16.1 Å². The summed E-state index contributed by atoms with van der Waals surface area (Å²) in [6.07, 6.45) is 4.33. The van der Waals surface area contributed by atoms with Crippen molar-refractivity contribution in [2.75, 3.05) is 18.0 Å². The van der Waals surface area contributed by atoms with Crippen molar-refractivity contribution in [3.63, 3.8) is 0 Å². The predicted octanol–water partition coefficient (Wildman–Crippen LogP) is 5.53. The van der Waals surface area contributed by atoms with Gasteiger partial charge in [-0.25, -0.2) is 4.39 Å². The number of benzene rings is 2. The number of rotatable bonds is 4. The molecule has 4 rings (SSSR count). The molecule has 2 aromatic carbocycles. The van der Waals surface area contributed by atoms with Crippen LogP contribution in [0, 0.1) is 11.7 Å². The Bertz CT molecular complexity index is 978. The van der Waals surface area contributed by atoms with E-state index in [1.54, 1.807) is 11.0 Å². The average molecular weight is 461 g/mol. The Hall–Kier alpha value is -2.05. The topological polar surface area (TPSA) is 40.6 Å². The third kappa shape index (κ3) is 4.75. The van der Waals surface area contributed by atoms with Crippen LogP contribution in [0.3, 0.4) is 0 Å². The van der Waals surface area contributed by atoms with Gasteiger partial charge in [-0.3, -0.25) is 9.59 Å². The summed E-state index contributed by atoms with van der Waals surface area (Å²) in [6, 6.07) is 11.9. The third-order valence-electron chi connectivity index (χ3n) is 6.02. The molecule has 2 atom stereocenters. The van der Waals surface area contributed by atoms with Crippen LogP contribution in [0.4, 0.5) is 10.1 Å². The van der Waals surface area contributed by atoms with Crippen LogP contribution in [-0.4, -0.2) is 35.1 Å². The first-order chi connectivity index (χ1) is 15.0. The van der Waals surface area contributed by atoms with E-state index in [0.29, 0.717) is 5.56 Å². The van der Waals surface area contributed by atoms with Crippen molar-refractivity contribution in [1.29, 1.82) is 0 Å². The van der Waals surface area contributed by atoms with Gasteiger partial charge in [0.1, 0.15) is 11.1 Å². The summed E-state index contributed by atoms with van der Waals surface area (Å²) in [5.41, 5.74) is 1.46. The van der Waals surface area contributed by atoms with Gasteiger partial charge in [-0.15, -0.1) is 11.8 Å². The number of likely N-dealkylation sites (tertiary alicyclic amines) is 1. The summed E-state index contributed by atoms with van der Waals surface area (Å²) < 4.78 is 13.5. The van der Waals surface area contributed by atoms with Crippen LogP contribution in [0.25, 0.3) is 0 Å². The van der Waals surface area contributed by atoms with Crippen LogP contribution < -0.4 is 4.90 Å². The van der Waals surface area contributed by atoms with Gasteiger partial charge >= 0.3 is 0 Å². The van der Waals surface area contributed by atoms with Crippen LogP contribution in [0.1, 0.15) is 38.2 Å². The summed E-state index contributed by atoms with van der Waals surface area (Å²) in [5, 5.41) is -0.223. The summed E-state index contributed by atoms with van der Waals surface area (Å²) >= 11 is 7.71. The molecule has 31 heavy (non-hydrogen) atoms. The molecule has 0 aliphatic carbocycles. The molecule has 0 unspecified atom stereocenters. The van der Waals surface area contributed by atoms with Gasteiger partial charge in [-0.2, -0.15) is 0 Å². The van der Waals surface area contributed by atoms with Gasteiger partial charge in [0, 0.05) is 23.0 Å². The highest BCUT2D eigenvalue weighted by atomic mass is 35.5. The highest BCUT2D eigenvalue weighted by molar-refractivity contribution is 8.01. The Labute approximate surface area is 191 Å². The first kappa shape index (κ1) is 22.2. The number of halogens is 2. The molecule has 4 nitrogen and oxygen atoms in total. The van der Waals surface area contributed by atoms with E-state index in [1.807, 2.05) is 36.1 Å². The molecule has 2 amide bonds. The van der Waals surface area contributed by atoms with E-state index < -0.39 is 17.0 Å². The number of hydrogen-bond donors (Lipinski definition) is 0. The molecule has 0 spiro atoms. The maximum atomic E-state index is 13.6. The predicted molar refractivity (Wildman–Crippen MR) is 123 cm³/mol. The number of amides is 2. The van der Waals surface area contributed by atoms with Gasteiger partial charge in [-0.05, 0) is 42.7 Å². The molecular weight excluding hydrogens is 435 g/mol. The average Bonchev–Trinajstić information content (AvgIpc) is 3.05. The minimum absolute atomic E-state index is 0.0481. The first-order valence-corrected chi connectivity index (χ1v) is 12.0. The second-order valence-electron chi connectivity index (χ2n) is 8.19. The van der Waals surface area contributed by atoms with E-state index in [0.717, 1.165) is 49.4 Å². The Morgan fingerprint density at radius 1 is 1.16 bits per heavy atom. The number of fused-ring (bicyclic) bond motifs is 1. The highest BCUT2D eigenvalue weighted by Gasteiger charge is 2.40. The number of nitrogens with zero attached hydrogens (tertiary/aromatic N) is 2. The maximum Gasteiger partial charge on any atom is 0.241 e. The van der Waals surface area contributed by atoms with Crippen molar-refractivity contribution in [3.05, 3.63) is 58.9 Å². The smallest absolute Gasteiger partial charge is 0.241 e. The zero-order valence-electron chi connectivity index (χ0n) is 17.5. The zero-order valence-corrected chi connectivity index (χ0v) is 19.1. The Morgan fingerprint density at radius 2 is 1.87 bits per heavy atom. The third-order valence-corrected chi connectivity index (χ3v) is 7.84. The quantitative estimate of drug-likeness (QED) is 0.602. The molecule has 0 bridgehead atoms. The molecule has 2 aliphatic heterocycles. The van der Waals surface area contributed by atoms with E-state index in [9.17, 15) is 14.0 Å². The van der Waals surface area contributed by atoms with Crippen molar-refractivity contribution in [2.45, 2.75) is 49.3 Å². The second-order valence-corrected chi connectivity index (χ2v) is 9.79. The lowest BCUT2D eigenvalue weighted by Gasteiger charge is -2.37. The fraction of sp³-hybridized carbons (Fsp3) is 0.417. The van der Waals surface area contributed by atoms with E-state index in [1.165, 1.54) is 23.9 Å². The molecule has 1 saturated heterocycles. The number of anilines is 1. The van der Waals surface area contributed by atoms with E-state index in [-0.39, 0.29) is 23.4 Å². The van der Waals surface area contributed by atoms with Gasteiger partial charge in [0.25, 0.3) is 0 Å². The van der Waals surface area contributed by atoms with Gasteiger partial charge < -0.3 is 9.80 Å². The standard InChI is InChI=1S/C24H26ClFN2O2S/c1-16(23(29)27-12-6-2-3-7-13-27)22-24(30)28(20-8-4-5-9-21(20)31-22)15-17-10-11-18(26)14-19(17)25/h4-5,8-11,14,16,22H,2-3,6-7,12-13,15H2,1H3/t16-,22-/m0/s1. The highest BCUT2D eigenvalue weighted by Crippen LogP contribution is 2.43. The van der Waals surface area contributed by atoms with E-state index >= 15 is 0 Å². The lowest BCUT2D eigenvalue weighted by Crippen LogP contribution is -2.48. The molecule has 7 heteroatoms. The molecule has 0 radical (unpaired) electrons. The molecular formula is C24H26ClFN2O2S. The van der Waals surface area contributed by atoms with E-state index in [2.05, 4.69) is 0 Å². The van der Waals surface area contributed by atoms with E-state index in [4.69, 9.17) is 11.6 Å². The first-order valence-electron chi connectivity index (χ1n) is 10.8. The summed E-state index contributed by atoms with van der Waals surface area (Å²) in [5.74, 6) is -0.911. The van der Waals surface area contributed by atoms with Crippen LogP contribution in [0.5, 0.6) is 0 Å². The van der Waals surface area contributed by atoms with Crippen molar-refractivity contribution in [3.8, 4) is 0 Å². The SMILES string of the molecule is C[C@H](C(=O)N1CCCCCC1)[C@@H]1Sc2ccccc2N(Cc2ccc(F)cc2Cl)C1=O.